The van der Waals surface area contributed by atoms with Crippen LogP contribution < -0.4 is 5.73 Å². The lowest BCUT2D eigenvalue weighted by atomic mass is 9.97. The van der Waals surface area contributed by atoms with Crippen molar-refractivity contribution >= 4 is 45.1 Å². The molecule has 1 aliphatic rings. The Balaban J connectivity index is 1.31. The zero-order chi connectivity index (χ0) is 22.9. The molecular formula is C23H23N5O3S2. The molecule has 0 unspecified atom stereocenters. The van der Waals surface area contributed by atoms with E-state index < -0.39 is 5.97 Å². The maximum atomic E-state index is 12.9. The van der Waals surface area contributed by atoms with E-state index in [1.54, 1.807) is 29.7 Å². The predicted octanol–water partition coefficient (Wildman–Crippen LogP) is 4.80. The summed E-state index contributed by atoms with van der Waals surface area (Å²) in [6.45, 7) is 3.72. The van der Waals surface area contributed by atoms with Crippen LogP contribution in [0, 0.1) is 13.8 Å². The molecule has 0 atom stereocenters. The molecule has 0 fully saturated rings. The Morgan fingerprint density at radius 3 is 2.94 bits per heavy atom. The van der Waals surface area contributed by atoms with E-state index in [2.05, 4.69) is 20.1 Å². The number of nitrogens with two attached hydrogens (primary N) is 1. The first-order chi connectivity index (χ1) is 16.0. The quantitative estimate of drug-likeness (QED) is 0.306. The number of carbonyl (C=O) groups is 1. The van der Waals surface area contributed by atoms with E-state index in [0.717, 1.165) is 40.1 Å². The molecule has 5 rings (SSSR count). The molecule has 0 saturated heterocycles. The first kappa shape index (κ1) is 21.8. The molecule has 4 aromatic heterocycles. The zero-order valence-corrected chi connectivity index (χ0v) is 20.0. The van der Waals surface area contributed by atoms with Crippen LogP contribution in [0.1, 0.15) is 56.5 Å². The van der Waals surface area contributed by atoms with Gasteiger partial charge in [0.1, 0.15) is 21.4 Å². The van der Waals surface area contributed by atoms with Gasteiger partial charge in [0.25, 0.3) is 0 Å². The first-order valence-electron chi connectivity index (χ1n) is 10.7. The van der Waals surface area contributed by atoms with E-state index in [-0.39, 0.29) is 6.61 Å². The molecule has 0 amide bonds. The number of hydrogen-bond acceptors (Lipinski definition) is 10. The van der Waals surface area contributed by atoms with Crippen LogP contribution in [0.25, 0.3) is 10.2 Å². The van der Waals surface area contributed by atoms with Gasteiger partial charge in [0.05, 0.1) is 16.6 Å². The highest BCUT2D eigenvalue weighted by atomic mass is 32.2. The standard InChI is InChI=1S/C23H23N5O3S2/c1-12-16(13(2)31-28-12)11-32-21-15(7-5-9-25-21)23(29)30-10-18-26-20(24)19-14-6-3-4-8-17(14)33-22(19)27-18/h5,7,9H,3-4,6,8,10-11H2,1-2H3,(H2,24,26,27). The van der Waals surface area contributed by atoms with E-state index >= 15 is 0 Å². The average Bonchev–Trinajstić information content (AvgIpc) is 3.35. The summed E-state index contributed by atoms with van der Waals surface area (Å²) in [4.78, 5) is 28.5. The Morgan fingerprint density at radius 2 is 2.12 bits per heavy atom. The molecule has 0 bridgehead atoms. The Hall–Kier alpha value is -2.98. The number of pyridine rings is 1. The fourth-order valence-corrected chi connectivity index (χ4v) is 6.44. The second-order valence-corrected chi connectivity index (χ2v) is 9.99. The van der Waals surface area contributed by atoms with Gasteiger partial charge in [0, 0.05) is 22.4 Å². The van der Waals surface area contributed by atoms with Gasteiger partial charge in [0.15, 0.2) is 12.4 Å². The Labute approximate surface area is 199 Å². The molecule has 0 aliphatic heterocycles. The number of esters is 1. The van der Waals surface area contributed by atoms with Gasteiger partial charge in [0.2, 0.25) is 0 Å². The second-order valence-electron chi connectivity index (χ2n) is 7.94. The molecule has 0 saturated carbocycles. The highest BCUT2D eigenvalue weighted by Gasteiger charge is 2.21. The highest BCUT2D eigenvalue weighted by Crippen LogP contribution is 2.37. The summed E-state index contributed by atoms with van der Waals surface area (Å²) in [6, 6.07) is 3.42. The predicted molar refractivity (Wildman–Crippen MR) is 127 cm³/mol. The van der Waals surface area contributed by atoms with Gasteiger partial charge in [-0.1, -0.05) is 5.16 Å². The number of rotatable bonds is 6. The monoisotopic (exact) mass is 481 g/mol. The van der Waals surface area contributed by atoms with Crippen molar-refractivity contribution in [3.8, 4) is 0 Å². The number of thiophene rings is 1. The van der Waals surface area contributed by atoms with E-state index in [1.165, 1.54) is 35.0 Å². The molecule has 2 N–H and O–H groups in total. The Kier molecular flexibility index (Phi) is 6.03. The van der Waals surface area contributed by atoms with Gasteiger partial charge in [-0.2, -0.15) is 0 Å². The maximum absolute atomic E-state index is 12.9. The Bertz CT molecular complexity index is 1330. The molecule has 1 aliphatic carbocycles. The number of nitrogens with zero attached hydrogens (tertiary/aromatic N) is 4. The third-order valence-electron chi connectivity index (χ3n) is 5.75. The van der Waals surface area contributed by atoms with Gasteiger partial charge in [-0.15, -0.1) is 23.1 Å². The van der Waals surface area contributed by atoms with E-state index in [9.17, 15) is 4.79 Å². The van der Waals surface area contributed by atoms with Crippen molar-refractivity contribution in [2.45, 2.75) is 56.9 Å². The lowest BCUT2D eigenvalue weighted by Crippen LogP contribution is -2.10. The van der Waals surface area contributed by atoms with Gasteiger partial charge < -0.3 is 15.0 Å². The van der Waals surface area contributed by atoms with Crippen molar-refractivity contribution in [2.24, 2.45) is 0 Å². The number of nitrogen functional groups attached to an aromatic ring is 1. The molecule has 8 nitrogen and oxygen atoms in total. The van der Waals surface area contributed by atoms with Gasteiger partial charge in [-0.25, -0.2) is 19.7 Å². The summed E-state index contributed by atoms with van der Waals surface area (Å²) < 4.78 is 10.8. The van der Waals surface area contributed by atoms with Crippen LogP contribution in [0.4, 0.5) is 5.82 Å². The van der Waals surface area contributed by atoms with Crippen LogP contribution in [0.2, 0.25) is 0 Å². The zero-order valence-electron chi connectivity index (χ0n) is 18.4. The second kappa shape index (κ2) is 9.11. The summed E-state index contributed by atoms with van der Waals surface area (Å²) in [5.41, 5.74) is 9.79. The molecule has 4 heterocycles. The number of thioether (sulfide) groups is 1. The third kappa shape index (κ3) is 4.32. The highest BCUT2D eigenvalue weighted by molar-refractivity contribution is 7.98. The smallest absolute Gasteiger partial charge is 0.341 e. The molecule has 170 valence electrons. The van der Waals surface area contributed by atoms with Crippen molar-refractivity contribution in [3.63, 3.8) is 0 Å². The van der Waals surface area contributed by atoms with E-state index in [1.807, 2.05) is 13.8 Å². The average molecular weight is 482 g/mol. The van der Waals surface area contributed by atoms with Crippen molar-refractivity contribution < 1.29 is 14.1 Å². The number of aryl methyl sites for hydroxylation is 4. The summed E-state index contributed by atoms with van der Waals surface area (Å²) in [7, 11) is 0. The molecule has 0 radical (unpaired) electrons. The van der Waals surface area contributed by atoms with Crippen LogP contribution in [-0.2, 0) is 29.9 Å². The summed E-state index contributed by atoms with van der Waals surface area (Å²) in [5.74, 6) is 1.75. The minimum Gasteiger partial charge on any atom is -0.454 e. The summed E-state index contributed by atoms with van der Waals surface area (Å²) in [5, 5.41) is 5.53. The van der Waals surface area contributed by atoms with E-state index in [0.29, 0.717) is 28.0 Å². The normalized spacial score (nSPS) is 13.3. The van der Waals surface area contributed by atoms with Crippen molar-refractivity contribution in [3.05, 3.63) is 57.2 Å². The molecule has 10 heteroatoms. The van der Waals surface area contributed by atoms with Crippen LogP contribution in [-0.4, -0.2) is 26.1 Å². The van der Waals surface area contributed by atoms with Crippen LogP contribution >= 0.6 is 23.1 Å². The molecular weight excluding hydrogens is 458 g/mol. The molecule has 0 spiro atoms. The lowest BCUT2D eigenvalue weighted by Gasteiger charge is -2.11. The maximum Gasteiger partial charge on any atom is 0.341 e. The number of ether oxygens (including phenoxy) is 1. The van der Waals surface area contributed by atoms with Crippen molar-refractivity contribution in [2.75, 3.05) is 5.73 Å². The minimum absolute atomic E-state index is 0.0512. The molecule has 4 aromatic rings. The van der Waals surface area contributed by atoms with Crippen LogP contribution in [0.5, 0.6) is 0 Å². The largest absolute Gasteiger partial charge is 0.454 e. The third-order valence-corrected chi connectivity index (χ3v) is 7.96. The van der Waals surface area contributed by atoms with Gasteiger partial charge in [-0.3, -0.25) is 0 Å². The van der Waals surface area contributed by atoms with Crippen LogP contribution in [0.15, 0.2) is 27.9 Å². The summed E-state index contributed by atoms with van der Waals surface area (Å²) in [6.07, 6.45) is 6.10. The SMILES string of the molecule is Cc1noc(C)c1CSc1ncccc1C(=O)OCc1nc(N)c2c3c(sc2n1)CCCC3. The summed E-state index contributed by atoms with van der Waals surface area (Å²) >= 11 is 3.11. The van der Waals surface area contributed by atoms with Gasteiger partial charge >= 0.3 is 5.97 Å². The van der Waals surface area contributed by atoms with Crippen molar-refractivity contribution in [1.29, 1.82) is 0 Å². The number of hydrogen-bond donors (Lipinski definition) is 1. The number of fused-ring (bicyclic) bond motifs is 3. The molecule has 0 aromatic carbocycles. The number of aromatic nitrogens is 4. The number of anilines is 1. The fourth-order valence-electron chi connectivity index (χ4n) is 4.01. The number of carbonyl (C=O) groups excluding carboxylic acids is 1. The van der Waals surface area contributed by atoms with Crippen LogP contribution in [0.3, 0.4) is 0 Å². The topological polar surface area (TPSA) is 117 Å². The Morgan fingerprint density at radius 1 is 1.27 bits per heavy atom. The fraction of sp³-hybridized carbons (Fsp3) is 0.348. The van der Waals surface area contributed by atoms with Gasteiger partial charge in [-0.05, 0) is 57.2 Å². The molecule has 33 heavy (non-hydrogen) atoms. The minimum atomic E-state index is -0.475. The van der Waals surface area contributed by atoms with E-state index in [4.69, 9.17) is 15.0 Å². The van der Waals surface area contributed by atoms with Crippen molar-refractivity contribution in [1.82, 2.24) is 20.1 Å². The first-order valence-corrected chi connectivity index (χ1v) is 12.5. The lowest BCUT2D eigenvalue weighted by molar-refractivity contribution is 0.0457.